The minimum Gasteiger partial charge on any atom is -0.456 e. The number of hydrogen-bond donors (Lipinski definition) is 1. The smallest absolute Gasteiger partial charge is 0.256 e. The van der Waals surface area contributed by atoms with E-state index < -0.39 is 0 Å². The number of para-hydroxylation sites is 1. The Morgan fingerprint density at radius 3 is 2.43 bits per heavy atom. The molecule has 1 N–H and O–H groups in total. The Kier molecular flexibility index (Phi) is 3.12. The molecule has 0 aliphatic heterocycles. The van der Waals surface area contributed by atoms with Crippen LogP contribution in [0, 0.1) is 6.92 Å². The molecule has 0 saturated heterocycles. The molecule has 4 aromatic rings. The van der Waals surface area contributed by atoms with Gasteiger partial charge in [-0.3, -0.25) is 4.79 Å². The van der Waals surface area contributed by atoms with Gasteiger partial charge in [0.05, 0.1) is 5.56 Å². The zero-order valence-electron chi connectivity index (χ0n) is 12.7. The van der Waals surface area contributed by atoms with Crippen molar-refractivity contribution in [2.75, 3.05) is 5.32 Å². The van der Waals surface area contributed by atoms with Gasteiger partial charge in [-0.05, 0) is 37.3 Å². The monoisotopic (exact) mass is 301 g/mol. The Morgan fingerprint density at radius 1 is 0.870 bits per heavy atom. The molecule has 23 heavy (non-hydrogen) atoms. The maximum atomic E-state index is 12.7. The van der Waals surface area contributed by atoms with Crippen LogP contribution in [0.2, 0.25) is 0 Å². The number of aryl methyl sites for hydroxylation is 1. The summed E-state index contributed by atoms with van der Waals surface area (Å²) in [5, 5.41) is 4.76. The number of carbonyl (C=O) groups is 1. The van der Waals surface area contributed by atoms with Crippen molar-refractivity contribution in [3.63, 3.8) is 0 Å². The first-order chi connectivity index (χ1) is 11.2. The maximum Gasteiger partial charge on any atom is 0.256 e. The number of nitrogens with one attached hydrogen (secondary N) is 1. The first kappa shape index (κ1) is 13.6. The number of carbonyl (C=O) groups excluding carboxylic acids is 1. The topological polar surface area (TPSA) is 42.2 Å². The predicted molar refractivity (Wildman–Crippen MR) is 92.9 cm³/mol. The maximum absolute atomic E-state index is 12.7. The molecule has 0 fully saturated rings. The van der Waals surface area contributed by atoms with E-state index in [0.29, 0.717) is 5.56 Å². The number of benzene rings is 3. The molecule has 4 rings (SSSR count). The van der Waals surface area contributed by atoms with E-state index in [1.54, 1.807) is 0 Å². The highest BCUT2D eigenvalue weighted by atomic mass is 16.3. The van der Waals surface area contributed by atoms with E-state index in [4.69, 9.17) is 4.42 Å². The molecule has 1 heterocycles. The molecule has 0 unspecified atom stereocenters. The van der Waals surface area contributed by atoms with Gasteiger partial charge in [0.1, 0.15) is 11.2 Å². The van der Waals surface area contributed by atoms with Crippen LogP contribution in [0.15, 0.2) is 71.1 Å². The summed E-state index contributed by atoms with van der Waals surface area (Å²) in [5.74, 6) is -0.133. The third-order valence-electron chi connectivity index (χ3n) is 3.96. The van der Waals surface area contributed by atoms with Crippen LogP contribution in [-0.4, -0.2) is 5.91 Å². The van der Waals surface area contributed by atoms with Gasteiger partial charge < -0.3 is 9.73 Å². The quantitative estimate of drug-likeness (QED) is 0.556. The summed E-state index contributed by atoms with van der Waals surface area (Å²) in [4.78, 5) is 12.7. The Labute approximate surface area is 133 Å². The molecule has 0 aliphatic carbocycles. The Morgan fingerprint density at radius 2 is 1.61 bits per heavy atom. The Balaban J connectivity index is 1.81. The molecule has 0 atom stereocenters. The van der Waals surface area contributed by atoms with Gasteiger partial charge in [-0.15, -0.1) is 0 Å². The first-order valence-electron chi connectivity index (χ1n) is 7.51. The lowest BCUT2D eigenvalue weighted by Crippen LogP contribution is -2.12. The van der Waals surface area contributed by atoms with Gasteiger partial charge in [0.15, 0.2) is 0 Å². The Bertz CT molecular complexity index is 1010. The highest BCUT2D eigenvalue weighted by Crippen LogP contribution is 2.31. The summed E-state index contributed by atoms with van der Waals surface area (Å²) >= 11 is 0. The van der Waals surface area contributed by atoms with E-state index in [1.165, 1.54) is 0 Å². The molecule has 0 saturated carbocycles. The zero-order valence-corrected chi connectivity index (χ0v) is 12.7. The minimum absolute atomic E-state index is 0.133. The van der Waals surface area contributed by atoms with Crippen LogP contribution in [-0.2, 0) is 0 Å². The van der Waals surface area contributed by atoms with E-state index in [-0.39, 0.29) is 5.91 Å². The van der Waals surface area contributed by atoms with Gasteiger partial charge in [0.2, 0.25) is 0 Å². The molecule has 0 spiro atoms. The summed E-state index contributed by atoms with van der Waals surface area (Å²) < 4.78 is 5.83. The molecule has 1 amide bonds. The average Bonchev–Trinajstić information content (AvgIpc) is 2.95. The van der Waals surface area contributed by atoms with E-state index in [9.17, 15) is 4.79 Å². The van der Waals surface area contributed by atoms with Crippen molar-refractivity contribution in [1.29, 1.82) is 0 Å². The van der Waals surface area contributed by atoms with Crippen molar-refractivity contribution in [3.8, 4) is 0 Å². The lowest BCUT2D eigenvalue weighted by Gasteiger charge is -2.06. The number of amides is 1. The van der Waals surface area contributed by atoms with Crippen molar-refractivity contribution >= 4 is 33.5 Å². The van der Waals surface area contributed by atoms with Crippen LogP contribution in [0.3, 0.4) is 0 Å². The second kappa shape index (κ2) is 5.29. The molecule has 112 valence electrons. The van der Waals surface area contributed by atoms with Crippen LogP contribution < -0.4 is 5.32 Å². The number of fused-ring (bicyclic) bond motifs is 3. The van der Waals surface area contributed by atoms with Crippen LogP contribution in [0.25, 0.3) is 21.9 Å². The zero-order chi connectivity index (χ0) is 15.8. The molecular weight excluding hydrogens is 286 g/mol. The largest absolute Gasteiger partial charge is 0.456 e. The lowest BCUT2D eigenvalue weighted by atomic mass is 10.1. The van der Waals surface area contributed by atoms with Crippen molar-refractivity contribution in [2.24, 2.45) is 0 Å². The van der Waals surface area contributed by atoms with E-state index >= 15 is 0 Å². The summed E-state index contributed by atoms with van der Waals surface area (Å²) in [6, 6.07) is 21.1. The molecule has 0 radical (unpaired) electrons. The molecular formula is C20H15NO2. The predicted octanol–water partition coefficient (Wildman–Crippen LogP) is 5.15. The lowest BCUT2D eigenvalue weighted by molar-refractivity contribution is 0.102. The van der Waals surface area contributed by atoms with E-state index in [2.05, 4.69) is 5.32 Å². The number of furan rings is 1. The average molecular weight is 301 g/mol. The Hall–Kier alpha value is -3.07. The summed E-state index contributed by atoms with van der Waals surface area (Å²) in [7, 11) is 0. The normalized spacial score (nSPS) is 11.0. The second-order valence-electron chi connectivity index (χ2n) is 5.60. The summed E-state index contributed by atoms with van der Waals surface area (Å²) in [6.07, 6.45) is 0. The van der Waals surface area contributed by atoms with E-state index in [0.717, 1.165) is 33.2 Å². The van der Waals surface area contributed by atoms with Gasteiger partial charge in [0.25, 0.3) is 5.91 Å². The third kappa shape index (κ3) is 2.36. The van der Waals surface area contributed by atoms with Gasteiger partial charge in [-0.1, -0.05) is 42.0 Å². The van der Waals surface area contributed by atoms with Crippen LogP contribution in [0.1, 0.15) is 15.9 Å². The molecule has 3 aromatic carbocycles. The molecule has 3 nitrogen and oxygen atoms in total. The highest BCUT2D eigenvalue weighted by molar-refractivity contribution is 6.19. The first-order valence-corrected chi connectivity index (χ1v) is 7.51. The van der Waals surface area contributed by atoms with Crippen molar-refractivity contribution in [2.45, 2.75) is 6.92 Å². The summed E-state index contributed by atoms with van der Waals surface area (Å²) in [6.45, 7) is 2.02. The van der Waals surface area contributed by atoms with Gasteiger partial charge in [-0.25, -0.2) is 0 Å². The molecule has 0 aliphatic rings. The second-order valence-corrected chi connectivity index (χ2v) is 5.60. The highest BCUT2D eigenvalue weighted by Gasteiger charge is 2.15. The van der Waals surface area contributed by atoms with Crippen LogP contribution >= 0.6 is 0 Å². The standard InChI is InChI=1S/C20H15NO2/c1-13-9-11-14(12-10-13)21-20(22)16-6-4-8-18-19(16)15-5-2-3-7-17(15)23-18/h2-12H,1H3,(H,21,22). The molecule has 3 heteroatoms. The van der Waals surface area contributed by atoms with Crippen LogP contribution in [0.4, 0.5) is 5.69 Å². The molecule has 0 bridgehead atoms. The third-order valence-corrected chi connectivity index (χ3v) is 3.96. The fourth-order valence-corrected chi connectivity index (χ4v) is 2.80. The number of anilines is 1. The van der Waals surface area contributed by atoms with Gasteiger partial charge in [-0.2, -0.15) is 0 Å². The minimum atomic E-state index is -0.133. The number of hydrogen-bond acceptors (Lipinski definition) is 2. The van der Waals surface area contributed by atoms with Crippen molar-refractivity contribution in [3.05, 3.63) is 77.9 Å². The SMILES string of the molecule is Cc1ccc(NC(=O)c2cccc3oc4ccccc4c23)cc1. The van der Waals surface area contributed by atoms with Crippen LogP contribution in [0.5, 0.6) is 0 Å². The molecule has 1 aromatic heterocycles. The van der Waals surface area contributed by atoms with Gasteiger partial charge in [0, 0.05) is 16.5 Å². The van der Waals surface area contributed by atoms with Crippen molar-refractivity contribution in [1.82, 2.24) is 0 Å². The van der Waals surface area contributed by atoms with E-state index in [1.807, 2.05) is 73.7 Å². The van der Waals surface area contributed by atoms with Gasteiger partial charge >= 0.3 is 0 Å². The fraction of sp³-hybridized carbons (Fsp3) is 0.0500. The summed E-state index contributed by atoms with van der Waals surface area (Å²) in [5.41, 5.74) is 4.07. The number of rotatable bonds is 2. The van der Waals surface area contributed by atoms with Crippen molar-refractivity contribution < 1.29 is 9.21 Å². The fourth-order valence-electron chi connectivity index (χ4n) is 2.80.